The maximum Gasteiger partial charge on any atom is 0.314 e. The van der Waals surface area contributed by atoms with E-state index in [1.165, 1.54) is 0 Å². The lowest BCUT2D eigenvalue weighted by atomic mass is 9.97. The normalized spacial score (nSPS) is 13.2. The number of carboxylic acid groups (broad SMARTS) is 1. The van der Waals surface area contributed by atoms with E-state index in [1.54, 1.807) is 37.5 Å². The van der Waals surface area contributed by atoms with Crippen LogP contribution >= 0.6 is 11.6 Å². The number of allylic oxidation sites excluding steroid dienone is 1. The summed E-state index contributed by atoms with van der Waals surface area (Å²) in [5.74, 6) is -0.518. The van der Waals surface area contributed by atoms with Crippen molar-refractivity contribution in [3.8, 4) is 5.75 Å². The van der Waals surface area contributed by atoms with Crippen LogP contribution in [-0.4, -0.2) is 24.1 Å². The number of carbonyl (C=O) groups is 1. The molecule has 0 aromatic heterocycles. The number of hydrogen-bond donors (Lipinski definition) is 1. The van der Waals surface area contributed by atoms with Crippen molar-refractivity contribution in [1.82, 2.24) is 0 Å². The minimum atomic E-state index is -0.889. The van der Waals surface area contributed by atoms with Gasteiger partial charge >= 0.3 is 5.97 Å². The number of halogens is 1. The lowest BCUT2D eigenvalue weighted by molar-refractivity contribution is -0.137. The van der Waals surface area contributed by atoms with Crippen molar-refractivity contribution in [2.24, 2.45) is 0 Å². The first-order chi connectivity index (χ1) is 8.08. The minimum Gasteiger partial charge on any atom is -0.497 e. The molecular formula is C13H15ClO3. The van der Waals surface area contributed by atoms with Crippen LogP contribution in [0.3, 0.4) is 0 Å². The van der Waals surface area contributed by atoms with Gasteiger partial charge in [0.25, 0.3) is 0 Å². The molecule has 0 heterocycles. The third kappa shape index (κ3) is 3.79. The van der Waals surface area contributed by atoms with Gasteiger partial charge < -0.3 is 9.84 Å². The molecule has 4 heteroatoms. The fourth-order valence-electron chi connectivity index (χ4n) is 1.45. The maximum absolute atomic E-state index is 11.2. The number of carboxylic acids is 1. The molecule has 1 aromatic rings. The Bertz CT molecular complexity index is 409. The number of hydrogen-bond acceptors (Lipinski definition) is 2. The molecule has 1 rings (SSSR count). The third-order valence-electron chi connectivity index (χ3n) is 2.40. The second-order valence-electron chi connectivity index (χ2n) is 3.74. The maximum atomic E-state index is 11.2. The molecule has 0 aliphatic carbocycles. The smallest absolute Gasteiger partial charge is 0.314 e. The molecule has 0 saturated heterocycles. The van der Waals surface area contributed by atoms with Gasteiger partial charge in [-0.15, -0.1) is 11.6 Å². The van der Waals surface area contributed by atoms with Crippen LogP contribution in [0.25, 0.3) is 0 Å². The van der Waals surface area contributed by atoms with E-state index in [4.69, 9.17) is 16.3 Å². The first kappa shape index (κ1) is 13.6. The van der Waals surface area contributed by atoms with E-state index in [2.05, 4.69) is 0 Å². The molecule has 17 heavy (non-hydrogen) atoms. The van der Waals surface area contributed by atoms with Crippen LogP contribution in [0.5, 0.6) is 5.75 Å². The SMILES string of the molecule is COc1ccc(C(C=C(C)CCl)C(=O)O)cc1. The summed E-state index contributed by atoms with van der Waals surface area (Å²) < 4.78 is 5.03. The molecule has 1 atom stereocenters. The van der Waals surface area contributed by atoms with Gasteiger partial charge in [0.15, 0.2) is 0 Å². The number of ether oxygens (including phenoxy) is 1. The van der Waals surface area contributed by atoms with Gasteiger partial charge in [-0.1, -0.05) is 23.8 Å². The molecular weight excluding hydrogens is 240 g/mol. The van der Waals surface area contributed by atoms with Gasteiger partial charge in [-0.3, -0.25) is 4.79 Å². The second-order valence-corrected chi connectivity index (χ2v) is 4.00. The van der Waals surface area contributed by atoms with Crippen molar-refractivity contribution in [1.29, 1.82) is 0 Å². The highest BCUT2D eigenvalue weighted by Crippen LogP contribution is 2.22. The molecule has 1 unspecified atom stereocenters. The zero-order chi connectivity index (χ0) is 12.8. The molecule has 0 saturated carbocycles. The molecule has 3 nitrogen and oxygen atoms in total. The molecule has 0 amide bonds. The fourth-order valence-corrected chi connectivity index (χ4v) is 1.54. The van der Waals surface area contributed by atoms with Gasteiger partial charge in [-0.2, -0.15) is 0 Å². The third-order valence-corrected chi connectivity index (χ3v) is 2.82. The Morgan fingerprint density at radius 2 is 2.06 bits per heavy atom. The molecule has 0 spiro atoms. The Balaban J connectivity index is 3.01. The summed E-state index contributed by atoms with van der Waals surface area (Å²) in [6.07, 6.45) is 1.66. The van der Waals surface area contributed by atoms with Gasteiger partial charge in [-0.05, 0) is 24.6 Å². The number of rotatable bonds is 5. The zero-order valence-electron chi connectivity index (χ0n) is 9.81. The van der Waals surface area contributed by atoms with Crippen LogP contribution in [0.2, 0.25) is 0 Å². The monoisotopic (exact) mass is 254 g/mol. The summed E-state index contributed by atoms with van der Waals surface area (Å²) in [6.45, 7) is 1.81. The molecule has 0 bridgehead atoms. The highest BCUT2D eigenvalue weighted by Gasteiger charge is 2.17. The van der Waals surface area contributed by atoms with Crippen molar-refractivity contribution in [3.63, 3.8) is 0 Å². The van der Waals surface area contributed by atoms with Crippen molar-refractivity contribution >= 4 is 17.6 Å². The Morgan fingerprint density at radius 1 is 1.47 bits per heavy atom. The van der Waals surface area contributed by atoms with Gasteiger partial charge in [-0.25, -0.2) is 0 Å². The Kier molecular flexibility index (Phi) is 5.04. The van der Waals surface area contributed by atoms with Crippen LogP contribution < -0.4 is 4.74 Å². The molecule has 0 aliphatic rings. The van der Waals surface area contributed by atoms with Crippen molar-refractivity contribution in [2.75, 3.05) is 13.0 Å². The molecule has 0 fully saturated rings. The van der Waals surface area contributed by atoms with Crippen LogP contribution in [0.15, 0.2) is 35.9 Å². The van der Waals surface area contributed by atoms with E-state index >= 15 is 0 Å². The largest absolute Gasteiger partial charge is 0.497 e. The lowest BCUT2D eigenvalue weighted by Crippen LogP contribution is -2.09. The number of aliphatic carboxylic acids is 1. The van der Waals surface area contributed by atoms with Crippen molar-refractivity contribution in [2.45, 2.75) is 12.8 Å². The van der Waals surface area contributed by atoms with E-state index in [0.717, 1.165) is 5.57 Å². The van der Waals surface area contributed by atoms with Crippen molar-refractivity contribution in [3.05, 3.63) is 41.5 Å². The van der Waals surface area contributed by atoms with E-state index in [9.17, 15) is 9.90 Å². The quantitative estimate of drug-likeness (QED) is 0.649. The summed E-state index contributed by atoms with van der Waals surface area (Å²) in [4.78, 5) is 11.2. The van der Waals surface area contributed by atoms with Gasteiger partial charge in [0.05, 0.1) is 7.11 Å². The van der Waals surface area contributed by atoms with Gasteiger partial charge in [0, 0.05) is 5.88 Å². The first-order valence-electron chi connectivity index (χ1n) is 5.18. The van der Waals surface area contributed by atoms with Gasteiger partial charge in [0.1, 0.15) is 11.7 Å². The molecule has 1 aromatic carbocycles. The molecule has 0 radical (unpaired) electrons. The second kappa shape index (κ2) is 6.30. The zero-order valence-corrected chi connectivity index (χ0v) is 10.6. The van der Waals surface area contributed by atoms with Crippen LogP contribution in [0.1, 0.15) is 18.4 Å². The lowest BCUT2D eigenvalue weighted by Gasteiger charge is -2.10. The highest BCUT2D eigenvalue weighted by atomic mass is 35.5. The number of alkyl halides is 1. The predicted molar refractivity (Wildman–Crippen MR) is 67.8 cm³/mol. The summed E-state index contributed by atoms with van der Waals surface area (Å²) >= 11 is 5.65. The van der Waals surface area contributed by atoms with E-state index in [1.807, 2.05) is 6.92 Å². The number of benzene rings is 1. The molecule has 0 aliphatic heterocycles. The van der Waals surface area contributed by atoms with Crippen LogP contribution in [0, 0.1) is 0 Å². The topological polar surface area (TPSA) is 46.5 Å². The Morgan fingerprint density at radius 3 is 2.47 bits per heavy atom. The van der Waals surface area contributed by atoms with Crippen LogP contribution in [0.4, 0.5) is 0 Å². The summed E-state index contributed by atoms with van der Waals surface area (Å²) in [6, 6.07) is 6.98. The molecule has 1 N–H and O–H groups in total. The average molecular weight is 255 g/mol. The van der Waals surface area contributed by atoms with Crippen molar-refractivity contribution < 1.29 is 14.6 Å². The highest BCUT2D eigenvalue weighted by molar-refractivity contribution is 6.19. The van der Waals surface area contributed by atoms with Gasteiger partial charge in [0.2, 0.25) is 0 Å². The van der Waals surface area contributed by atoms with E-state index in [-0.39, 0.29) is 0 Å². The first-order valence-corrected chi connectivity index (χ1v) is 5.72. The summed E-state index contributed by atoms with van der Waals surface area (Å²) in [5.41, 5.74) is 1.55. The van der Waals surface area contributed by atoms with E-state index in [0.29, 0.717) is 17.2 Å². The number of methoxy groups -OCH3 is 1. The van der Waals surface area contributed by atoms with E-state index < -0.39 is 11.9 Å². The standard InChI is InChI=1S/C13H15ClO3/c1-9(8-14)7-12(13(15)16)10-3-5-11(17-2)6-4-10/h3-7,12H,8H2,1-2H3,(H,15,16). The Labute approximate surface area is 106 Å². The average Bonchev–Trinajstić information content (AvgIpc) is 2.35. The van der Waals surface area contributed by atoms with Crippen LogP contribution in [-0.2, 0) is 4.79 Å². The summed E-state index contributed by atoms with van der Waals surface area (Å²) in [5, 5.41) is 9.18. The predicted octanol–water partition coefficient (Wildman–Crippen LogP) is 3.05. The summed E-state index contributed by atoms with van der Waals surface area (Å²) in [7, 11) is 1.57. The Hall–Kier alpha value is -1.48. The minimum absolute atomic E-state index is 0.333. The fraction of sp³-hybridized carbons (Fsp3) is 0.308. The molecule has 92 valence electrons.